The van der Waals surface area contributed by atoms with E-state index >= 15 is 0 Å². The second kappa shape index (κ2) is 12.9. The van der Waals surface area contributed by atoms with Crippen LogP contribution in [0.4, 0.5) is 0 Å². The fourth-order valence-electron chi connectivity index (χ4n) is 4.19. The summed E-state index contributed by atoms with van der Waals surface area (Å²) in [7, 11) is 1.70. The number of ether oxygens (including phenoxy) is 4. The minimum atomic E-state index is -0.00271. The van der Waals surface area contributed by atoms with Crippen LogP contribution in [0.25, 0.3) is 0 Å². The van der Waals surface area contributed by atoms with Gasteiger partial charge in [-0.1, -0.05) is 12.1 Å². The second-order valence-electron chi connectivity index (χ2n) is 8.31. The van der Waals surface area contributed by atoms with Crippen LogP contribution in [0.5, 0.6) is 5.75 Å². The number of methoxy groups -OCH3 is 1. The van der Waals surface area contributed by atoms with Gasteiger partial charge in [-0.15, -0.1) is 0 Å². The normalized spacial score (nSPS) is 21.1. The molecule has 3 rings (SSSR count). The maximum atomic E-state index is 5.76. The number of nitrogens with zero attached hydrogens (tertiary/aromatic N) is 1. The molecule has 0 aromatic heterocycles. The molecule has 174 valence electrons. The fourth-order valence-corrected chi connectivity index (χ4v) is 4.19. The lowest BCUT2D eigenvalue weighted by Gasteiger charge is -2.36. The Bertz CT molecular complexity index is 653. The molecule has 2 aliphatic heterocycles. The molecule has 0 bridgehead atoms. The average Bonchev–Trinajstić information content (AvgIpc) is 3.34. The van der Waals surface area contributed by atoms with Gasteiger partial charge in [0.05, 0.1) is 26.4 Å². The molecule has 7 heteroatoms. The third kappa shape index (κ3) is 7.37. The van der Waals surface area contributed by atoms with Gasteiger partial charge >= 0.3 is 0 Å². The van der Waals surface area contributed by atoms with Gasteiger partial charge in [-0.05, 0) is 56.7 Å². The highest BCUT2D eigenvalue weighted by atomic mass is 16.5. The number of hydrogen-bond donors (Lipinski definition) is 2. The summed E-state index contributed by atoms with van der Waals surface area (Å²) in [4.78, 5) is 4.96. The Morgan fingerprint density at radius 3 is 2.65 bits per heavy atom. The van der Waals surface area contributed by atoms with Crippen LogP contribution in [0, 0.1) is 0 Å². The standard InChI is InChI=1S/C24H39N3O4/c1-3-25-23(26-13-5-14-30-18-22-6-4-15-31-22)27-19-24(11-16-29-17-12-24)20-7-9-21(28-2)10-8-20/h7-10,22H,3-6,11-19H2,1-2H3,(H2,25,26,27). The lowest BCUT2D eigenvalue weighted by Crippen LogP contribution is -2.41. The minimum absolute atomic E-state index is 0.00271. The Labute approximate surface area is 186 Å². The van der Waals surface area contributed by atoms with Crippen molar-refractivity contribution < 1.29 is 18.9 Å². The summed E-state index contributed by atoms with van der Waals surface area (Å²) in [5.74, 6) is 1.74. The zero-order valence-corrected chi connectivity index (χ0v) is 19.2. The third-order valence-corrected chi connectivity index (χ3v) is 6.12. The first kappa shape index (κ1) is 23.8. The van der Waals surface area contributed by atoms with Crippen LogP contribution in [-0.4, -0.2) is 71.8 Å². The van der Waals surface area contributed by atoms with Crippen LogP contribution in [0.3, 0.4) is 0 Å². The largest absolute Gasteiger partial charge is 0.497 e. The minimum Gasteiger partial charge on any atom is -0.497 e. The quantitative estimate of drug-likeness (QED) is 0.318. The van der Waals surface area contributed by atoms with Crippen LogP contribution in [0.15, 0.2) is 29.3 Å². The lowest BCUT2D eigenvalue weighted by atomic mass is 9.74. The van der Waals surface area contributed by atoms with Gasteiger partial charge in [-0.2, -0.15) is 0 Å². The zero-order chi connectivity index (χ0) is 21.8. The van der Waals surface area contributed by atoms with Crippen molar-refractivity contribution in [2.24, 2.45) is 4.99 Å². The van der Waals surface area contributed by atoms with Crippen molar-refractivity contribution in [2.45, 2.75) is 50.5 Å². The van der Waals surface area contributed by atoms with Gasteiger partial charge in [-0.3, -0.25) is 4.99 Å². The van der Waals surface area contributed by atoms with Crippen LogP contribution in [0.2, 0.25) is 0 Å². The van der Waals surface area contributed by atoms with E-state index in [-0.39, 0.29) is 5.41 Å². The Hall–Kier alpha value is -1.83. The van der Waals surface area contributed by atoms with E-state index < -0.39 is 0 Å². The van der Waals surface area contributed by atoms with E-state index in [9.17, 15) is 0 Å². The Balaban J connectivity index is 1.51. The molecular formula is C24H39N3O4. The summed E-state index contributed by atoms with van der Waals surface area (Å²) >= 11 is 0. The van der Waals surface area contributed by atoms with Crippen LogP contribution < -0.4 is 15.4 Å². The van der Waals surface area contributed by atoms with Gasteiger partial charge in [-0.25, -0.2) is 0 Å². The summed E-state index contributed by atoms with van der Waals surface area (Å²) in [6.45, 7) is 8.35. The molecule has 1 atom stereocenters. The van der Waals surface area contributed by atoms with Gasteiger partial charge in [0.25, 0.3) is 0 Å². The molecule has 2 fully saturated rings. The number of hydrogen-bond acceptors (Lipinski definition) is 5. The van der Waals surface area contributed by atoms with E-state index in [4.69, 9.17) is 23.9 Å². The maximum absolute atomic E-state index is 5.76. The number of rotatable bonds is 11. The first-order valence-corrected chi connectivity index (χ1v) is 11.7. The molecule has 2 N–H and O–H groups in total. The zero-order valence-electron chi connectivity index (χ0n) is 19.2. The summed E-state index contributed by atoms with van der Waals surface area (Å²) in [5.41, 5.74) is 1.30. The molecule has 1 aromatic rings. The highest BCUT2D eigenvalue weighted by Gasteiger charge is 2.34. The molecule has 2 saturated heterocycles. The van der Waals surface area contributed by atoms with Crippen LogP contribution in [-0.2, 0) is 19.6 Å². The van der Waals surface area contributed by atoms with Gasteiger partial charge in [0.1, 0.15) is 5.75 Å². The molecule has 7 nitrogen and oxygen atoms in total. The molecular weight excluding hydrogens is 394 g/mol. The van der Waals surface area contributed by atoms with Gasteiger partial charge in [0.15, 0.2) is 5.96 Å². The summed E-state index contributed by atoms with van der Waals surface area (Å²) < 4.78 is 22.3. The highest BCUT2D eigenvalue weighted by molar-refractivity contribution is 5.79. The topological polar surface area (TPSA) is 73.3 Å². The molecule has 1 unspecified atom stereocenters. The van der Waals surface area contributed by atoms with Crippen LogP contribution in [0.1, 0.15) is 44.6 Å². The molecule has 2 heterocycles. The molecule has 0 amide bonds. The number of aliphatic imine (C=N–C) groups is 1. The number of benzene rings is 1. The van der Waals surface area contributed by atoms with E-state index in [2.05, 4.69) is 29.7 Å². The maximum Gasteiger partial charge on any atom is 0.191 e. The van der Waals surface area contributed by atoms with E-state index in [1.165, 1.54) is 5.56 Å². The Kier molecular flexibility index (Phi) is 9.90. The van der Waals surface area contributed by atoms with Crippen molar-refractivity contribution in [1.29, 1.82) is 0 Å². The number of nitrogens with one attached hydrogen (secondary N) is 2. The third-order valence-electron chi connectivity index (χ3n) is 6.12. The summed E-state index contributed by atoms with van der Waals surface area (Å²) in [6.07, 6.45) is 5.45. The molecule has 2 aliphatic rings. The van der Waals surface area contributed by atoms with E-state index in [1.54, 1.807) is 7.11 Å². The fraction of sp³-hybridized carbons (Fsp3) is 0.708. The van der Waals surface area contributed by atoms with Crippen molar-refractivity contribution in [3.8, 4) is 5.75 Å². The Morgan fingerprint density at radius 1 is 1.16 bits per heavy atom. The van der Waals surface area contributed by atoms with Gasteiger partial charge in [0.2, 0.25) is 0 Å². The van der Waals surface area contributed by atoms with Crippen LogP contribution >= 0.6 is 0 Å². The molecule has 0 radical (unpaired) electrons. The van der Waals surface area contributed by atoms with E-state index in [0.717, 1.165) is 89.9 Å². The first-order valence-electron chi connectivity index (χ1n) is 11.7. The average molecular weight is 434 g/mol. The van der Waals surface area contributed by atoms with Gasteiger partial charge in [0, 0.05) is 44.9 Å². The molecule has 1 aromatic carbocycles. The number of guanidine groups is 1. The van der Waals surface area contributed by atoms with Crippen molar-refractivity contribution >= 4 is 5.96 Å². The predicted octanol–water partition coefficient (Wildman–Crippen LogP) is 2.88. The first-order chi connectivity index (χ1) is 15.3. The van der Waals surface area contributed by atoms with Crippen molar-refractivity contribution in [3.63, 3.8) is 0 Å². The lowest BCUT2D eigenvalue weighted by molar-refractivity contribution is 0.0168. The summed E-state index contributed by atoms with van der Waals surface area (Å²) in [5, 5.41) is 6.82. The molecule has 0 saturated carbocycles. The Morgan fingerprint density at radius 2 is 1.97 bits per heavy atom. The smallest absolute Gasteiger partial charge is 0.191 e. The molecule has 0 aliphatic carbocycles. The SMILES string of the molecule is CCNC(=NCC1(c2ccc(OC)cc2)CCOCC1)NCCCOCC1CCCO1. The van der Waals surface area contributed by atoms with Crippen molar-refractivity contribution in [3.05, 3.63) is 29.8 Å². The van der Waals surface area contributed by atoms with E-state index in [1.807, 2.05) is 12.1 Å². The highest BCUT2D eigenvalue weighted by Crippen LogP contribution is 2.36. The second-order valence-corrected chi connectivity index (χ2v) is 8.31. The predicted molar refractivity (Wildman–Crippen MR) is 123 cm³/mol. The molecule has 0 spiro atoms. The molecule has 31 heavy (non-hydrogen) atoms. The summed E-state index contributed by atoms with van der Waals surface area (Å²) in [6, 6.07) is 8.42. The van der Waals surface area contributed by atoms with E-state index in [0.29, 0.717) is 12.7 Å². The van der Waals surface area contributed by atoms with Crippen molar-refractivity contribution in [1.82, 2.24) is 10.6 Å². The monoisotopic (exact) mass is 433 g/mol. The van der Waals surface area contributed by atoms with Crippen molar-refractivity contribution in [2.75, 3.05) is 59.8 Å². The van der Waals surface area contributed by atoms with Gasteiger partial charge < -0.3 is 29.6 Å².